The number of aliphatic hydroxyl groups is 1. The SMILES string of the molecule is COCC1(O)C=CC2(CCCC2)CC1. The lowest BCUT2D eigenvalue weighted by Gasteiger charge is -2.36. The van der Waals surface area contributed by atoms with E-state index in [0.717, 1.165) is 12.8 Å². The van der Waals surface area contributed by atoms with Crippen LogP contribution >= 0.6 is 0 Å². The topological polar surface area (TPSA) is 29.5 Å². The van der Waals surface area contributed by atoms with Crippen molar-refractivity contribution in [2.75, 3.05) is 13.7 Å². The Balaban J connectivity index is 2.05. The molecule has 1 saturated carbocycles. The van der Waals surface area contributed by atoms with Gasteiger partial charge in [-0.05, 0) is 31.1 Å². The smallest absolute Gasteiger partial charge is 0.106 e. The van der Waals surface area contributed by atoms with Gasteiger partial charge in [0.05, 0.1) is 6.61 Å². The van der Waals surface area contributed by atoms with E-state index >= 15 is 0 Å². The van der Waals surface area contributed by atoms with Gasteiger partial charge >= 0.3 is 0 Å². The highest BCUT2D eigenvalue weighted by molar-refractivity contribution is 5.14. The molecule has 0 saturated heterocycles. The van der Waals surface area contributed by atoms with E-state index in [0.29, 0.717) is 12.0 Å². The van der Waals surface area contributed by atoms with Crippen LogP contribution in [0.25, 0.3) is 0 Å². The number of methoxy groups -OCH3 is 1. The van der Waals surface area contributed by atoms with Crippen LogP contribution in [0.5, 0.6) is 0 Å². The highest BCUT2D eigenvalue weighted by Gasteiger charge is 2.38. The molecule has 2 aliphatic carbocycles. The van der Waals surface area contributed by atoms with Crippen molar-refractivity contribution in [1.82, 2.24) is 0 Å². The van der Waals surface area contributed by atoms with E-state index in [9.17, 15) is 5.11 Å². The minimum Gasteiger partial charge on any atom is -0.383 e. The molecule has 1 atom stereocenters. The number of allylic oxidation sites excluding steroid dienone is 1. The standard InChI is InChI=1S/C12H20O2/c1-14-10-12(13)8-6-11(7-9-12)4-2-3-5-11/h6,8,13H,2-5,7,9-10H2,1H3. The third-order valence-corrected chi connectivity index (χ3v) is 3.80. The van der Waals surface area contributed by atoms with Crippen molar-refractivity contribution < 1.29 is 9.84 Å². The maximum absolute atomic E-state index is 10.1. The first-order valence-electron chi connectivity index (χ1n) is 5.60. The van der Waals surface area contributed by atoms with E-state index in [1.807, 2.05) is 6.08 Å². The first-order chi connectivity index (χ1) is 6.68. The van der Waals surface area contributed by atoms with E-state index in [1.165, 1.54) is 25.7 Å². The molecule has 2 rings (SSSR count). The predicted molar refractivity (Wildman–Crippen MR) is 56.1 cm³/mol. The Morgan fingerprint density at radius 1 is 1.14 bits per heavy atom. The molecule has 0 amide bonds. The quantitative estimate of drug-likeness (QED) is 0.686. The number of rotatable bonds is 2. The molecule has 80 valence electrons. The van der Waals surface area contributed by atoms with Crippen LogP contribution in [0.1, 0.15) is 38.5 Å². The fourth-order valence-electron chi connectivity index (χ4n) is 2.83. The van der Waals surface area contributed by atoms with Gasteiger partial charge < -0.3 is 9.84 Å². The van der Waals surface area contributed by atoms with Gasteiger partial charge in [0.1, 0.15) is 5.60 Å². The number of hydrogen-bond donors (Lipinski definition) is 1. The molecule has 2 aliphatic rings. The first-order valence-corrected chi connectivity index (χ1v) is 5.60. The molecule has 0 aromatic heterocycles. The lowest BCUT2D eigenvalue weighted by Crippen LogP contribution is -2.37. The zero-order valence-corrected chi connectivity index (χ0v) is 8.96. The summed E-state index contributed by atoms with van der Waals surface area (Å²) >= 11 is 0. The van der Waals surface area contributed by atoms with Crippen molar-refractivity contribution >= 4 is 0 Å². The summed E-state index contributed by atoms with van der Waals surface area (Å²) in [6.45, 7) is 0.430. The fourth-order valence-corrected chi connectivity index (χ4v) is 2.83. The van der Waals surface area contributed by atoms with E-state index < -0.39 is 5.60 Å². The summed E-state index contributed by atoms with van der Waals surface area (Å²) in [5.74, 6) is 0. The van der Waals surface area contributed by atoms with Gasteiger partial charge in [-0.2, -0.15) is 0 Å². The zero-order chi connectivity index (χ0) is 10.1. The highest BCUT2D eigenvalue weighted by Crippen LogP contribution is 2.47. The minimum atomic E-state index is -0.692. The van der Waals surface area contributed by atoms with Crippen molar-refractivity contribution in [3.63, 3.8) is 0 Å². The Morgan fingerprint density at radius 3 is 2.36 bits per heavy atom. The summed E-state index contributed by atoms with van der Waals surface area (Å²) in [4.78, 5) is 0. The molecule has 0 heterocycles. The van der Waals surface area contributed by atoms with Gasteiger partial charge in [-0.3, -0.25) is 0 Å². The Kier molecular flexibility index (Phi) is 2.67. The Labute approximate surface area is 86.0 Å². The molecule has 14 heavy (non-hydrogen) atoms. The monoisotopic (exact) mass is 196 g/mol. The minimum absolute atomic E-state index is 0.430. The highest BCUT2D eigenvalue weighted by atomic mass is 16.5. The van der Waals surface area contributed by atoms with Crippen LogP contribution in [-0.2, 0) is 4.74 Å². The molecule has 1 fully saturated rings. The fraction of sp³-hybridized carbons (Fsp3) is 0.833. The molecule has 2 nitrogen and oxygen atoms in total. The maximum atomic E-state index is 10.1. The summed E-state index contributed by atoms with van der Waals surface area (Å²) in [7, 11) is 1.64. The largest absolute Gasteiger partial charge is 0.383 e. The van der Waals surface area contributed by atoms with Gasteiger partial charge in [-0.15, -0.1) is 0 Å². The molecule has 0 bridgehead atoms. The summed E-state index contributed by atoms with van der Waals surface area (Å²) in [6, 6.07) is 0. The van der Waals surface area contributed by atoms with Crippen molar-refractivity contribution in [2.24, 2.45) is 5.41 Å². The average Bonchev–Trinajstić information content (AvgIpc) is 2.61. The number of ether oxygens (including phenoxy) is 1. The van der Waals surface area contributed by atoms with Gasteiger partial charge in [-0.1, -0.05) is 25.0 Å². The molecule has 1 N–H and O–H groups in total. The van der Waals surface area contributed by atoms with Crippen molar-refractivity contribution in [3.05, 3.63) is 12.2 Å². The maximum Gasteiger partial charge on any atom is 0.106 e. The van der Waals surface area contributed by atoms with Crippen LogP contribution in [0.15, 0.2) is 12.2 Å². The second-order valence-electron chi connectivity index (χ2n) is 4.94. The second kappa shape index (κ2) is 3.67. The van der Waals surface area contributed by atoms with Crippen LogP contribution in [0, 0.1) is 5.41 Å². The molecule has 0 aromatic rings. The van der Waals surface area contributed by atoms with Gasteiger partial charge in [-0.25, -0.2) is 0 Å². The van der Waals surface area contributed by atoms with E-state index in [4.69, 9.17) is 4.74 Å². The molecule has 0 aliphatic heterocycles. The zero-order valence-electron chi connectivity index (χ0n) is 8.96. The molecular weight excluding hydrogens is 176 g/mol. The van der Waals surface area contributed by atoms with Crippen LogP contribution in [0.3, 0.4) is 0 Å². The molecule has 1 unspecified atom stereocenters. The summed E-state index contributed by atoms with van der Waals surface area (Å²) in [6.07, 6.45) is 11.5. The van der Waals surface area contributed by atoms with E-state index in [1.54, 1.807) is 7.11 Å². The van der Waals surface area contributed by atoms with Crippen molar-refractivity contribution in [3.8, 4) is 0 Å². The Hall–Kier alpha value is -0.340. The second-order valence-corrected chi connectivity index (χ2v) is 4.94. The lowest BCUT2D eigenvalue weighted by atomic mass is 9.73. The van der Waals surface area contributed by atoms with Gasteiger partial charge in [0.25, 0.3) is 0 Å². The first kappa shape index (κ1) is 10.2. The predicted octanol–water partition coefficient (Wildman–Crippen LogP) is 2.27. The van der Waals surface area contributed by atoms with Crippen LogP contribution in [-0.4, -0.2) is 24.4 Å². The van der Waals surface area contributed by atoms with E-state index in [-0.39, 0.29) is 0 Å². The molecule has 0 radical (unpaired) electrons. The summed E-state index contributed by atoms with van der Waals surface area (Å²) < 4.78 is 5.03. The summed E-state index contributed by atoms with van der Waals surface area (Å²) in [5, 5.41) is 10.1. The Morgan fingerprint density at radius 2 is 1.86 bits per heavy atom. The van der Waals surface area contributed by atoms with Crippen LogP contribution < -0.4 is 0 Å². The summed E-state index contributed by atoms with van der Waals surface area (Å²) in [5.41, 5.74) is -0.261. The van der Waals surface area contributed by atoms with Crippen molar-refractivity contribution in [1.29, 1.82) is 0 Å². The molecule has 1 spiro atoms. The van der Waals surface area contributed by atoms with Crippen LogP contribution in [0.4, 0.5) is 0 Å². The van der Waals surface area contributed by atoms with Gasteiger partial charge in [0, 0.05) is 7.11 Å². The Bertz CT molecular complexity index is 228. The van der Waals surface area contributed by atoms with Crippen LogP contribution in [0.2, 0.25) is 0 Å². The molecule has 2 heteroatoms. The van der Waals surface area contributed by atoms with Gasteiger partial charge in [0.15, 0.2) is 0 Å². The number of hydrogen-bond acceptors (Lipinski definition) is 2. The average molecular weight is 196 g/mol. The van der Waals surface area contributed by atoms with Gasteiger partial charge in [0.2, 0.25) is 0 Å². The van der Waals surface area contributed by atoms with Crippen molar-refractivity contribution in [2.45, 2.75) is 44.1 Å². The third kappa shape index (κ3) is 1.86. The third-order valence-electron chi connectivity index (χ3n) is 3.80. The van der Waals surface area contributed by atoms with E-state index in [2.05, 4.69) is 6.08 Å². The lowest BCUT2D eigenvalue weighted by molar-refractivity contribution is -0.0135. The molecular formula is C12H20O2. The normalized spacial score (nSPS) is 35.3. The molecule has 0 aromatic carbocycles.